The van der Waals surface area contributed by atoms with E-state index in [-0.39, 0.29) is 11.1 Å². The average Bonchev–Trinajstić information content (AvgIpc) is 2.18. The van der Waals surface area contributed by atoms with Crippen LogP contribution < -0.4 is 10.6 Å². The summed E-state index contributed by atoms with van der Waals surface area (Å²) in [5.74, 6) is 0. The van der Waals surface area contributed by atoms with Gasteiger partial charge in [-0.15, -0.1) is 0 Å². The van der Waals surface area contributed by atoms with Crippen molar-refractivity contribution in [3.63, 3.8) is 0 Å². The molecule has 1 fully saturated rings. The van der Waals surface area contributed by atoms with Gasteiger partial charge in [0, 0.05) is 42.3 Å². The van der Waals surface area contributed by atoms with E-state index >= 15 is 0 Å². The molecule has 0 unspecified atom stereocenters. The summed E-state index contributed by atoms with van der Waals surface area (Å²) < 4.78 is 0. The molecule has 1 heterocycles. The van der Waals surface area contributed by atoms with E-state index in [0.717, 1.165) is 13.1 Å². The first-order valence-electron chi connectivity index (χ1n) is 8.31. The molecule has 0 amide bonds. The van der Waals surface area contributed by atoms with E-state index in [0.29, 0.717) is 18.1 Å². The number of nitrogens with one attached hydrogen (secondary N) is 2. The third-order valence-corrected chi connectivity index (χ3v) is 4.32. The third kappa shape index (κ3) is 5.71. The topological polar surface area (TPSA) is 27.3 Å². The Balaban J connectivity index is 2.45. The summed E-state index contributed by atoms with van der Waals surface area (Å²) in [6, 6.07) is 1.87. The normalized spacial score (nSPS) is 22.9. The summed E-state index contributed by atoms with van der Waals surface area (Å²) in [5.41, 5.74) is 0.463. The number of piperidine rings is 1. The van der Waals surface area contributed by atoms with Gasteiger partial charge in [-0.05, 0) is 68.2 Å². The van der Waals surface area contributed by atoms with Gasteiger partial charge in [-0.3, -0.25) is 4.90 Å². The van der Waals surface area contributed by atoms with Crippen molar-refractivity contribution in [2.24, 2.45) is 0 Å². The van der Waals surface area contributed by atoms with Crippen LogP contribution in [0.1, 0.15) is 68.2 Å². The summed E-state index contributed by atoms with van der Waals surface area (Å²) >= 11 is 0. The van der Waals surface area contributed by atoms with Gasteiger partial charge in [0.15, 0.2) is 0 Å². The van der Waals surface area contributed by atoms with E-state index in [1.807, 2.05) is 0 Å². The van der Waals surface area contributed by atoms with E-state index in [2.05, 4.69) is 70.9 Å². The highest BCUT2D eigenvalue weighted by atomic mass is 15.2. The molecule has 1 saturated heterocycles. The van der Waals surface area contributed by atoms with Crippen LogP contribution in [0.5, 0.6) is 0 Å². The van der Waals surface area contributed by atoms with Crippen LogP contribution >= 0.6 is 0 Å². The Morgan fingerprint density at radius 3 is 1.85 bits per heavy atom. The van der Waals surface area contributed by atoms with Gasteiger partial charge in [-0.25, -0.2) is 0 Å². The maximum atomic E-state index is 3.79. The molecule has 1 aliphatic heterocycles. The van der Waals surface area contributed by atoms with Crippen molar-refractivity contribution >= 4 is 0 Å². The molecule has 0 spiro atoms. The van der Waals surface area contributed by atoms with Gasteiger partial charge in [-0.1, -0.05) is 0 Å². The van der Waals surface area contributed by atoms with Crippen LogP contribution in [0, 0.1) is 0 Å². The van der Waals surface area contributed by atoms with Crippen molar-refractivity contribution in [3.05, 3.63) is 0 Å². The molecule has 0 saturated carbocycles. The Bertz CT molecular complexity index is 271. The van der Waals surface area contributed by atoms with Crippen molar-refractivity contribution in [3.8, 4) is 0 Å². The molecule has 2 N–H and O–H groups in total. The lowest BCUT2D eigenvalue weighted by Gasteiger charge is -2.47. The highest BCUT2D eigenvalue weighted by molar-refractivity contribution is 4.99. The van der Waals surface area contributed by atoms with Crippen LogP contribution in [-0.4, -0.2) is 47.2 Å². The lowest BCUT2D eigenvalue weighted by Crippen LogP contribution is -2.62. The maximum absolute atomic E-state index is 3.79. The minimum Gasteiger partial charge on any atom is -0.313 e. The minimum atomic E-state index is 0.231. The molecule has 0 bridgehead atoms. The van der Waals surface area contributed by atoms with Gasteiger partial charge >= 0.3 is 0 Å². The molecule has 0 aromatic rings. The van der Waals surface area contributed by atoms with Crippen LogP contribution in [0.25, 0.3) is 0 Å². The molecule has 0 aliphatic carbocycles. The van der Waals surface area contributed by atoms with Crippen LogP contribution in [0.2, 0.25) is 0 Å². The maximum Gasteiger partial charge on any atom is 0.0144 e. The zero-order valence-electron chi connectivity index (χ0n) is 15.0. The van der Waals surface area contributed by atoms with Gasteiger partial charge in [0.1, 0.15) is 0 Å². The molecule has 0 radical (unpaired) electrons. The molecule has 120 valence electrons. The molecule has 0 aromatic carbocycles. The molecule has 1 rings (SSSR count). The highest BCUT2D eigenvalue weighted by Gasteiger charge is 2.37. The van der Waals surface area contributed by atoms with Gasteiger partial charge in [0.2, 0.25) is 0 Å². The molecular formula is C17H37N3. The predicted octanol–water partition coefficient (Wildman–Crippen LogP) is 3.00. The van der Waals surface area contributed by atoms with E-state index in [9.17, 15) is 0 Å². The van der Waals surface area contributed by atoms with E-state index in [1.54, 1.807) is 0 Å². The number of rotatable bonds is 6. The largest absolute Gasteiger partial charge is 0.313 e. The van der Waals surface area contributed by atoms with Gasteiger partial charge in [0.05, 0.1) is 0 Å². The fraction of sp³-hybridized carbons (Fsp3) is 1.00. The van der Waals surface area contributed by atoms with Crippen molar-refractivity contribution in [2.45, 2.75) is 97.4 Å². The first-order valence-corrected chi connectivity index (χ1v) is 8.31. The van der Waals surface area contributed by atoms with E-state index < -0.39 is 0 Å². The Kier molecular flexibility index (Phi) is 6.06. The number of nitrogens with zero attached hydrogens (tertiary/aromatic N) is 1. The Morgan fingerprint density at radius 2 is 1.45 bits per heavy atom. The molecule has 3 nitrogen and oxygen atoms in total. The fourth-order valence-electron chi connectivity index (χ4n) is 3.98. The van der Waals surface area contributed by atoms with E-state index in [4.69, 9.17) is 0 Å². The van der Waals surface area contributed by atoms with Crippen LogP contribution in [0.3, 0.4) is 0 Å². The number of hydrogen-bond acceptors (Lipinski definition) is 3. The summed E-state index contributed by atoms with van der Waals surface area (Å²) in [6.45, 7) is 20.6. The Morgan fingerprint density at radius 1 is 1.00 bits per heavy atom. The zero-order chi connectivity index (χ0) is 15.6. The van der Waals surface area contributed by atoms with E-state index in [1.165, 1.54) is 12.8 Å². The summed E-state index contributed by atoms with van der Waals surface area (Å²) in [5, 5.41) is 7.54. The zero-order valence-corrected chi connectivity index (χ0v) is 15.0. The average molecular weight is 284 g/mol. The van der Waals surface area contributed by atoms with Crippen LogP contribution in [0.15, 0.2) is 0 Å². The molecule has 0 aromatic heterocycles. The monoisotopic (exact) mass is 283 g/mol. The number of hydrogen-bond donors (Lipinski definition) is 2. The van der Waals surface area contributed by atoms with Gasteiger partial charge in [0.25, 0.3) is 0 Å². The smallest absolute Gasteiger partial charge is 0.0144 e. The van der Waals surface area contributed by atoms with Gasteiger partial charge in [-0.2, -0.15) is 0 Å². The minimum absolute atomic E-state index is 0.231. The third-order valence-electron chi connectivity index (χ3n) is 4.32. The second kappa shape index (κ2) is 6.76. The molecule has 3 heteroatoms. The molecule has 0 atom stereocenters. The predicted molar refractivity (Wildman–Crippen MR) is 89.3 cm³/mol. The summed E-state index contributed by atoms with van der Waals surface area (Å²) in [4.78, 5) is 2.56. The van der Waals surface area contributed by atoms with Crippen LogP contribution in [-0.2, 0) is 0 Å². The Labute approximate surface area is 126 Å². The standard InChI is InChI=1S/C17H37N3/c1-13(2)20(14(3)4)10-9-18-15-11-16(5,6)19-17(7,8)12-15/h13-15,18-19H,9-12H2,1-8H3. The fourth-order valence-corrected chi connectivity index (χ4v) is 3.98. The Hall–Kier alpha value is -0.120. The lowest BCUT2D eigenvalue weighted by molar-refractivity contribution is 0.135. The molecule has 20 heavy (non-hydrogen) atoms. The lowest BCUT2D eigenvalue weighted by atomic mass is 9.79. The van der Waals surface area contributed by atoms with Crippen molar-refractivity contribution in [2.75, 3.05) is 13.1 Å². The van der Waals surface area contributed by atoms with Crippen molar-refractivity contribution in [1.82, 2.24) is 15.5 Å². The van der Waals surface area contributed by atoms with Gasteiger partial charge < -0.3 is 10.6 Å². The summed E-state index contributed by atoms with van der Waals surface area (Å²) in [6.07, 6.45) is 2.42. The quantitative estimate of drug-likeness (QED) is 0.785. The molecule has 1 aliphatic rings. The summed E-state index contributed by atoms with van der Waals surface area (Å²) in [7, 11) is 0. The van der Waals surface area contributed by atoms with Crippen LogP contribution in [0.4, 0.5) is 0 Å². The SMILES string of the molecule is CC(C)N(CCNC1CC(C)(C)NC(C)(C)C1)C(C)C. The second-order valence-electron chi connectivity index (χ2n) is 8.38. The second-order valence-corrected chi connectivity index (χ2v) is 8.38. The molecular weight excluding hydrogens is 246 g/mol. The van der Waals surface area contributed by atoms with Crippen molar-refractivity contribution < 1.29 is 0 Å². The first-order chi connectivity index (χ1) is 9.02. The first kappa shape index (κ1) is 17.9. The highest BCUT2D eigenvalue weighted by Crippen LogP contribution is 2.28. The van der Waals surface area contributed by atoms with Crippen molar-refractivity contribution in [1.29, 1.82) is 0 Å².